The summed E-state index contributed by atoms with van der Waals surface area (Å²) >= 11 is 0. The monoisotopic (exact) mass is 394 g/mol. The summed E-state index contributed by atoms with van der Waals surface area (Å²) in [6.45, 7) is 5.79. The van der Waals surface area contributed by atoms with Gasteiger partial charge in [0, 0.05) is 6.42 Å². The van der Waals surface area contributed by atoms with Gasteiger partial charge in [0.05, 0.1) is 37.8 Å². The van der Waals surface area contributed by atoms with Gasteiger partial charge in [0.25, 0.3) is 0 Å². The van der Waals surface area contributed by atoms with Crippen LogP contribution in [0.15, 0.2) is 18.2 Å². The van der Waals surface area contributed by atoms with Crippen LogP contribution >= 0.6 is 0 Å². The Morgan fingerprint density at radius 3 is 2.34 bits per heavy atom. The van der Waals surface area contributed by atoms with Crippen LogP contribution in [0.2, 0.25) is 0 Å². The fourth-order valence-corrected chi connectivity index (χ4v) is 4.47. The number of nitrogens with zero attached hydrogens (tertiary/aromatic N) is 3. The molecule has 0 aromatic heterocycles. The molecule has 0 amide bonds. The van der Waals surface area contributed by atoms with Gasteiger partial charge in [0.2, 0.25) is 17.1 Å². The highest BCUT2D eigenvalue weighted by Gasteiger charge is 2.78. The Bertz CT molecular complexity index is 958. The van der Waals surface area contributed by atoms with Gasteiger partial charge in [0.15, 0.2) is 16.9 Å². The largest absolute Gasteiger partial charge is 0.493 e. The van der Waals surface area contributed by atoms with Crippen molar-refractivity contribution in [3.05, 3.63) is 23.8 Å². The molecule has 4 unspecified atom stereocenters. The summed E-state index contributed by atoms with van der Waals surface area (Å²) in [5, 5.41) is 38.8. The lowest BCUT2D eigenvalue weighted by molar-refractivity contribution is -0.280. The van der Waals surface area contributed by atoms with E-state index in [-0.39, 0.29) is 0 Å². The number of hydrogen-bond donors (Lipinski definition) is 1. The summed E-state index contributed by atoms with van der Waals surface area (Å²) < 4.78 is 22.9. The number of nitriles is 3. The quantitative estimate of drug-likeness (QED) is 0.808. The normalized spacial score (nSPS) is 31.7. The van der Waals surface area contributed by atoms with Gasteiger partial charge in [0.1, 0.15) is 6.10 Å². The minimum absolute atomic E-state index is 0.345. The second-order valence-electron chi connectivity index (χ2n) is 7.11. The Balaban J connectivity index is 2.27. The number of benzene rings is 1. The molecular formula is C21H22N4O4. The third kappa shape index (κ3) is 2.35. The first kappa shape index (κ1) is 20.5. The third-order valence-corrected chi connectivity index (χ3v) is 6.09. The summed E-state index contributed by atoms with van der Waals surface area (Å²) in [5.41, 5.74) is -3.27. The van der Waals surface area contributed by atoms with Gasteiger partial charge < -0.3 is 18.9 Å². The second-order valence-corrected chi connectivity index (χ2v) is 7.11. The van der Waals surface area contributed by atoms with Crippen molar-refractivity contribution in [1.82, 2.24) is 0 Å². The fourth-order valence-electron chi connectivity index (χ4n) is 4.47. The SMILES string of the molecule is CCOc1ccc(C2OC3(CC)OC(=N)C(C#N)(C3C)C2(C#N)C#N)cc1OC. The van der Waals surface area contributed by atoms with E-state index in [1.165, 1.54) is 7.11 Å². The number of hydrogen-bond acceptors (Lipinski definition) is 8. The molecule has 0 aliphatic carbocycles. The molecule has 2 aliphatic rings. The van der Waals surface area contributed by atoms with E-state index >= 15 is 0 Å². The van der Waals surface area contributed by atoms with Crippen molar-refractivity contribution in [2.75, 3.05) is 13.7 Å². The molecule has 2 fully saturated rings. The molecule has 3 rings (SSSR count). The maximum Gasteiger partial charge on any atom is 0.217 e. The molecule has 0 radical (unpaired) electrons. The Morgan fingerprint density at radius 1 is 1.14 bits per heavy atom. The predicted octanol–water partition coefficient (Wildman–Crippen LogP) is 3.46. The third-order valence-electron chi connectivity index (χ3n) is 6.09. The van der Waals surface area contributed by atoms with Crippen LogP contribution in [0.3, 0.4) is 0 Å². The summed E-state index contributed by atoms with van der Waals surface area (Å²) in [5.74, 6) is -1.44. The van der Waals surface area contributed by atoms with Crippen LogP contribution in [0.25, 0.3) is 0 Å². The van der Waals surface area contributed by atoms with Crippen LogP contribution in [-0.2, 0) is 9.47 Å². The van der Waals surface area contributed by atoms with E-state index < -0.39 is 34.5 Å². The van der Waals surface area contributed by atoms with E-state index in [9.17, 15) is 15.8 Å². The second kappa shape index (κ2) is 6.95. The lowest BCUT2D eigenvalue weighted by Crippen LogP contribution is -2.58. The maximum absolute atomic E-state index is 10.1. The van der Waals surface area contributed by atoms with Crippen LogP contribution in [-0.4, -0.2) is 25.4 Å². The van der Waals surface area contributed by atoms with Crippen LogP contribution in [0, 0.1) is 56.2 Å². The van der Waals surface area contributed by atoms with Crippen LogP contribution in [0.5, 0.6) is 11.5 Å². The molecule has 2 heterocycles. The van der Waals surface area contributed by atoms with Crippen LogP contribution < -0.4 is 9.47 Å². The molecule has 0 saturated carbocycles. The van der Waals surface area contributed by atoms with Crippen molar-refractivity contribution < 1.29 is 18.9 Å². The molecule has 1 aromatic rings. The average molecular weight is 394 g/mol. The van der Waals surface area contributed by atoms with Gasteiger partial charge in [-0.1, -0.05) is 19.9 Å². The molecule has 150 valence electrons. The highest BCUT2D eigenvalue weighted by molar-refractivity contribution is 5.89. The zero-order valence-electron chi connectivity index (χ0n) is 16.8. The number of ether oxygens (including phenoxy) is 4. The van der Waals surface area contributed by atoms with Gasteiger partial charge >= 0.3 is 0 Å². The zero-order chi connectivity index (χ0) is 21.4. The van der Waals surface area contributed by atoms with E-state index in [1.54, 1.807) is 25.1 Å². The van der Waals surface area contributed by atoms with Gasteiger partial charge in [-0.05, 0) is 24.6 Å². The minimum atomic E-state index is -1.98. The number of methoxy groups -OCH3 is 1. The summed E-state index contributed by atoms with van der Waals surface area (Å²) in [4.78, 5) is 0. The first-order valence-electron chi connectivity index (χ1n) is 9.36. The maximum atomic E-state index is 10.1. The molecule has 0 spiro atoms. The number of fused-ring (bicyclic) bond motifs is 2. The van der Waals surface area contributed by atoms with Gasteiger partial charge in [-0.15, -0.1) is 0 Å². The average Bonchev–Trinajstić information content (AvgIpc) is 2.90. The van der Waals surface area contributed by atoms with Gasteiger partial charge in [-0.25, -0.2) is 0 Å². The van der Waals surface area contributed by atoms with Crippen molar-refractivity contribution in [3.63, 3.8) is 0 Å². The topological polar surface area (TPSA) is 132 Å². The Morgan fingerprint density at radius 2 is 1.83 bits per heavy atom. The van der Waals surface area contributed by atoms with Gasteiger partial charge in [-0.3, -0.25) is 5.41 Å². The molecule has 8 nitrogen and oxygen atoms in total. The lowest BCUT2D eigenvalue weighted by Gasteiger charge is -2.48. The van der Waals surface area contributed by atoms with Crippen molar-refractivity contribution in [2.45, 2.75) is 39.1 Å². The first-order chi connectivity index (χ1) is 13.9. The number of nitrogens with one attached hydrogen (secondary N) is 1. The standard InChI is InChI=1S/C21H22N4O4/c1-5-21-13(3)20(12-24,18(25)29-21)19(10-22,11-23)17(28-21)14-7-8-15(27-6-2)16(9-14)26-4/h7-9,13,17,25H,5-6H2,1-4H3. The number of rotatable bonds is 5. The molecule has 8 heteroatoms. The minimum Gasteiger partial charge on any atom is -0.493 e. The van der Waals surface area contributed by atoms with E-state index in [0.29, 0.717) is 30.1 Å². The lowest BCUT2D eigenvalue weighted by atomic mass is 9.53. The Hall–Kier alpha value is -3.28. The summed E-state index contributed by atoms with van der Waals surface area (Å²) in [6.07, 6.45) is -0.780. The Labute approximate surface area is 169 Å². The molecule has 2 aliphatic heterocycles. The molecule has 2 bridgehead atoms. The van der Waals surface area contributed by atoms with Crippen LogP contribution in [0.4, 0.5) is 0 Å². The molecule has 4 atom stereocenters. The van der Waals surface area contributed by atoms with E-state index in [2.05, 4.69) is 6.07 Å². The zero-order valence-corrected chi connectivity index (χ0v) is 16.8. The molecule has 2 saturated heterocycles. The van der Waals surface area contributed by atoms with Crippen LogP contribution in [0.1, 0.15) is 38.9 Å². The van der Waals surface area contributed by atoms with Gasteiger partial charge in [-0.2, -0.15) is 15.8 Å². The van der Waals surface area contributed by atoms with E-state index in [4.69, 9.17) is 24.4 Å². The fraction of sp³-hybridized carbons (Fsp3) is 0.524. The van der Waals surface area contributed by atoms with Crippen molar-refractivity contribution in [3.8, 4) is 29.7 Å². The van der Waals surface area contributed by atoms with Crippen molar-refractivity contribution in [1.29, 1.82) is 21.2 Å². The summed E-state index contributed by atoms with van der Waals surface area (Å²) in [7, 11) is 1.49. The Kier molecular flexibility index (Phi) is 4.91. The molecule has 29 heavy (non-hydrogen) atoms. The van der Waals surface area contributed by atoms with Crippen molar-refractivity contribution >= 4 is 5.90 Å². The molecular weight excluding hydrogens is 372 g/mol. The smallest absolute Gasteiger partial charge is 0.217 e. The van der Waals surface area contributed by atoms with E-state index in [1.807, 2.05) is 26.0 Å². The summed E-state index contributed by atoms with van der Waals surface area (Å²) in [6, 6.07) is 11.1. The van der Waals surface area contributed by atoms with E-state index in [0.717, 1.165) is 0 Å². The highest BCUT2D eigenvalue weighted by atomic mass is 16.7. The predicted molar refractivity (Wildman–Crippen MR) is 101 cm³/mol. The molecule has 1 N–H and O–H groups in total. The molecule has 1 aromatic carbocycles. The first-order valence-corrected chi connectivity index (χ1v) is 9.36. The van der Waals surface area contributed by atoms with Crippen molar-refractivity contribution in [2.24, 2.45) is 16.7 Å². The highest BCUT2D eigenvalue weighted by Crippen LogP contribution is 2.67.